The molecule has 6 heteroatoms. The monoisotopic (exact) mass is 371 g/mol. The van der Waals surface area contributed by atoms with Crippen LogP contribution in [0.2, 0.25) is 5.02 Å². The largest absolute Gasteiger partial charge is 0.340 e. The standard InChI is InChI=1S/C20H22ClN3O2/c21-15-12-14-4-3-8-22-19(14)17(13-15)20(26)23-10-6-16(7-11-23)24-9-2-1-5-18(24)25/h3-4,8,12-13,16H,1-2,5-7,9-11H2. The molecule has 2 saturated heterocycles. The second-order valence-corrected chi connectivity index (χ2v) is 7.53. The van der Waals surface area contributed by atoms with E-state index in [0.29, 0.717) is 35.6 Å². The fourth-order valence-electron chi connectivity index (χ4n) is 4.08. The van der Waals surface area contributed by atoms with Gasteiger partial charge in [-0.05, 0) is 43.9 Å². The zero-order valence-corrected chi connectivity index (χ0v) is 15.4. The summed E-state index contributed by atoms with van der Waals surface area (Å²) in [4.78, 5) is 33.5. The topological polar surface area (TPSA) is 53.5 Å². The van der Waals surface area contributed by atoms with Gasteiger partial charge in [-0.3, -0.25) is 14.6 Å². The lowest BCUT2D eigenvalue weighted by Gasteiger charge is -2.40. The molecule has 2 aliphatic heterocycles. The fraction of sp³-hybridized carbons (Fsp3) is 0.450. The van der Waals surface area contributed by atoms with Crippen molar-refractivity contribution < 1.29 is 9.59 Å². The summed E-state index contributed by atoms with van der Waals surface area (Å²) >= 11 is 6.20. The lowest BCUT2D eigenvalue weighted by atomic mass is 9.98. The number of carbonyl (C=O) groups is 2. The van der Waals surface area contributed by atoms with Crippen molar-refractivity contribution in [3.63, 3.8) is 0 Å². The number of rotatable bonds is 2. The lowest BCUT2D eigenvalue weighted by Crippen LogP contribution is -2.50. The molecule has 0 radical (unpaired) electrons. The molecule has 0 bridgehead atoms. The van der Waals surface area contributed by atoms with E-state index in [1.165, 1.54) is 0 Å². The molecule has 0 unspecified atom stereocenters. The van der Waals surface area contributed by atoms with Crippen molar-refractivity contribution in [2.75, 3.05) is 19.6 Å². The minimum atomic E-state index is -0.0281. The number of fused-ring (bicyclic) bond motifs is 1. The Kier molecular flexibility index (Phi) is 4.81. The first-order valence-electron chi connectivity index (χ1n) is 9.26. The molecule has 0 saturated carbocycles. The number of benzene rings is 1. The number of pyridine rings is 1. The molecule has 2 aliphatic rings. The summed E-state index contributed by atoms with van der Waals surface area (Å²) in [5.41, 5.74) is 1.25. The number of nitrogens with zero attached hydrogens (tertiary/aromatic N) is 3. The molecule has 3 heterocycles. The van der Waals surface area contributed by atoms with Gasteiger partial charge in [-0.1, -0.05) is 17.7 Å². The summed E-state index contributed by atoms with van der Waals surface area (Å²) in [6, 6.07) is 7.56. The summed E-state index contributed by atoms with van der Waals surface area (Å²) in [7, 11) is 0. The summed E-state index contributed by atoms with van der Waals surface area (Å²) < 4.78 is 0. The van der Waals surface area contributed by atoms with Crippen molar-refractivity contribution in [2.24, 2.45) is 0 Å². The molecule has 136 valence electrons. The highest BCUT2D eigenvalue weighted by Gasteiger charge is 2.31. The molecule has 0 aliphatic carbocycles. The van der Waals surface area contributed by atoms with Crippen molar-refractivity contribution in [2.45, 2.75) is 38.1 Å². The maximum absolute atomic E-state index is 13.1. The molecule has 26 heavy (non-hydrogen) atoms. The van der Waals surface area contributed by atoms with Crippen LogP contribution >= 0.6 is 11.6 Å². The van der Waals surface area contributed by atoms with E-state index in [1.54, 1.807) is 12.3 Å². The predicted molar refractivity (Wildman–Crippen MR) is 101 cm³/mol. The van der Waals surface area contributed by atoms with Crippen LogP contribution in [0.5, 0.6) is 0 Å². The smallest absolute Gasteiger partial charge is 0.256 e. The van der Waals surface area contributed by atoms with Crippen molar-refractivity contribution in [3.05, 3.63) is 41.0 Å². The Labute approximate surface area is 157 Å². The van der Waals surface area contributed by atoms with Crippen LogP contribution in [0, 0.1) is 0 Å². The summed E-state index contributed by atoms with van der Waals surface area (Å²) in [5.74, 6) is 0.241. The number of piperidine rings is 2. The molecule has 1 aromatic heterocycles. The van der Waals surface area contributed by atoms with Gasteiger partial charge in [-0.15, -0.1) is 0 Å². The molecular formula is C20H22ClN3O2. The van der Waals surface area contributed by atoms with Gasteiger partial charge in [-0.25, -0.2) is 0 Å². The molecule has 1 aromatic carbocycles. The van der Waals surface area contributed by atoms with E-state index >= 15 is 0 Å². The third-order valence-electron chi connectivity index (χ3n) is 5.45. The summed E-state index contributed by atoms with van der Waals surface area (Å²) in [5, 5.41) is 1.42. The molecule has 5 nitrogen and oxygen atoms in total. The van der Waals surface area contributed by atoms with Crippen LogP contribution < -0.4 is 0 Å². The van der Waals surface area contributed by atoms with Crippen LogP contribution in [0.1, 0.15) is 42.5 Å². The molecule has 2 fully saturated rings. The van der Waals surface area contributed by atoms with E-state index < -0.39 is 0 Å². The first kappa shape index (κ1) is 17.3. The van der Waals surface area contributed by atoms with Gasteiger partial charge in [0.25, 0.3) is 5.91 Å². The van der Waals surface area contributed by atoms with Crippen LogP contribution in [0.4, 0.5) is 0 Å². The van der Waals surface area contributed by atoms with Crippen LogP contribution in [-0.4, -0.2) is 52.3 Å². The summed E-state index contributed by atoms with van der Waals surface area (Å²) in [6.07, 6.45) is 6.12. The van der Waals surface area contributed by atoms with E-state index in [1.807, 2.05) is 28.0 Å². The second kappa shape index (κ2) is 7.23. The molecule has 0 atom stereocenters. The normalized spacial score (nSPS) is 19.2. The number of hydrogen-bond donors (Lipinski definition) is 0. The van der Waals surface area contributed by atoms with Crippen molar-refractivity contribution in [1.29, 1.82) is 0 Å². The highest BCUT2D eigenvalue weighted by molar-refractivity contribution is 6.32. The Bertz CT molecular complexity index is 846. The predicted octanol–water partition coefficient (Wildman–Crippen LogP) is 3.51. The Morgan fingerprint density at radius 1 is 1.15 bits per heavy atom. The molecule has 4 rings (SSSR count). The Balaban J connectivity index is 1.50. The van der Waals surface area contributed by atoms with E-state index in [4.69, 9.17) is 11.6 Å². The molecule has 2 aromatic rings. The third kappa shape index (κ3) is 3.28. The van der Waals surface area contributed by atoms with E-state index in [9.17, 15) is 9.59 Å². The van der Waals surface area contributed by atoms with Gasteiger partial charge in [-0.2, -0.15) is 0 Å². The summed E-state index contributed by atoms with van der Waals surface area (Å²) in [6.45, 7) is 2.18. The number of aromatic nitrogens is 1. The van der Waals surface area contributed by atoms with Crippen LogP contribution in [0.25, 0.3) is 10.9 Å². The van der Waals surface area contributed by atoms with E-state index in [-0.39, 0.29) is 17.9 Å². The highest BCUT2D eigenvalue weighted by atomic mass is 35.5. The van der Waals surface area contributed by atoms with Gasteiger partial charge in [0.05, 0.1) is 11.1 Å². The zero-order valence-electron chi connectivity index (χ0n) is 14.7. The van der Waals surface area contributed by atoms with Crippen LogP contribution in [0.3, 0.4) is 0 Å². The van der Waals surface area contributed by atoms with Gasteiger partial charge >= 0.3 is 0 Å². The SMILES string of the molecule is O=C(c1cc(Cl)cc2cccnc12)N1CCC(N2CCCCC2=O)CC1. The van der Waals surface area contributed by atoms with E-state index in [0.717, 1.165) is 37.6 Å². The Morgan fingerprint density at radius 3 is 2.73 bits per heavy atom. The number of likely N-dealkylation sites (tertiary alicyclic amines) is 2. The number of carbonyl (C=O) groups excluding carboxylic acids is 2. The van der Waals surface area contributed by atoms with Crippen molar-refractivity contribution >= 4 is 34.3 Å². The van der Waals surface area contributed by atoms with Crippen LogP contribution in [0.15, 0.2) is 30.5 Å². The van der Waals surface area contributed by atoms with Crippen LogP contribution in [-0.2, 0) is 4.79 Å². The molecule has 0 N–H and O–H groups in total. The van der Waals surface area contributed by atoms with Gasteiger partial charge in [0.2, 0.25) is 5.91 Å². The quantitative estimate of drug-likeness (QED) is 0.811. The number of amides is 2. The highest BCUT2D eigenvalue weighted by Crippen LogP contribution is 2.26. The number of hydrogen-bond acceptors (Lipinski definition) is 3. The first-order chi connectivity index (χ1) is 12.6. The maximum atomic E-state index is 13.1. The average Bonchev–Trinajstić information content (AvgIpc) is 2.67. The van der Waals surface area contributed by atoms with Gasteiger partial charge in [0.15, 0.2) is 0 Å². The average molecular weight is 372 g/mol. The zero-order chi connectivity index (χ0) is 18.1. The fourth-order valence-corrected chi connectivity index (χ4v) is 4.31. The van der Waals surface area contributed by atoms with Gasteiger partial charge < -0.3 is 9.80 Å². The third-order valence-corrected chi connectivity index (χ3v) is 5.67. The van der Waals surface area contributed by atoms with Crippen molar-refractivity contribution in [3.8, 4) is 0 Å². The maximum Gasteiger partial charge on any atom is 0.256 e. The van der Waals surface area contributed by atoms with Gasteiger partial charge in [0, 0.05) is 48.7 Å². The second-order valence-electron chi connectivity index (χ2n) is 7.10. The van der Waals surface area contributed by atoms with Gasteiger partial charge in [0.1, 0.15) is 0 Å². The minimum Gasteiger partial charge on any atom is -0.340 e. The van der Waals surface area contributed by atoms with E-state index in [2.05, 4.69) is 4.98 Å². The molecular weight excluding hydrogens is 350 g/mol. The lowest BCUT2D eigenvalue weighted by molar-refractivity contribution is -0.136. The van der Waals surface area contributed by atoms with Crippen molar-refractivity contribution in [1.82, 2.24) is 14.8 Å². The first-order valence-corrected chi connectivity index (χ1v) is 9.64. The molecule has 2 amide bonds. The minimum absolute atomic E-state index is 0.0281. The number of halogens is 1. The Morgan fingerprint density at radius 2 is 1.96 bits per heavy atom. The Hall–Kier alpha value is -2.14. The molecule has 0 spiro atoms.